The van der Waals surface area contributed by atoms with Crippen LogP contribution in [-0.2, 0) is 9.53 Å². The number of carbonyl (C=O) groups excluding carboxylic acids is 1. The van der Waals surface area contributed by atoms with E-state index < -0.39 is 0 Å². The maximum atomic E-state index is 11.7. The summed E-state index contributed by atoms with van der Waals surface area (Å²) in [6.07, 6.45) is 2.10. The number of fused-ring (bicyclic) bond motifs is 1. The molecule has 1 aromatic heterocycles. The Morgan fingerprint density at radius 2 is 2.05 bits per heavy atom. The number of carbonyl (C=O) groups is 1. The van der Waals surface area contributed by atoms with Crippen molar-refractivity contribution in [1.29, 1.82) is 0 Å². The van der Waals surface area contributed by atoms with Gasteiger partial charge in [-0.1, -0.05) is 12.1 Å². The Balaban J connectivity index is 1.87. The molecule has 1 aromatic carbocycles. The summed E-state index contributed by atoms with van der Waals surface area (Å²) in [6.45, 7) is 2.36. The van der Waals surface area contributed by atoms with Crippen molar-refractivity contribution in [2.45, 2.75) is 25.8 Å². The van der Waals surface area contributed by atoms with Gasteiger partial charge in [-0.25, -0.2) is 4.98 Å². The van der Waals surface area contributed by atoms with E-state index in [0.717, 1.165) is 23.9 Å². The lowest BCUT2D eigenvalue weighted by atomic mass is 10.3. The average Bonchev–Trinajstić information content (AvgIpc) is 3.29. The number of nitrogens with zero attached hydrogens (tertiary/aromatic N) is 4. The van der Waals surface area contributed by atoms with Crippen molar-refractivity contribution in [2.24, 2.45) is 0 Å². The number of hydrogen-bond acceptors (Lipinski definition) is 6. The standard InChI is InChI=1S/C14H16N4O2/c1-2-20-13(19)9-18(10-7-8-10)14-15-11-5-3-4-6-12(11)16-17-14/h3-6,10H,2,7-9H2,1H3. The zero-order chi connectivity index (χ0) is 13.9. The van der Waals surface area contributed by atoms with E-state index >= 15 is 0 Å². The molecule has 0 spiro atoms. The quantitative estimate of drug-likeness (QED) is 0.769. The van der Waals surface area contributed by atoms with Gasteiger partial charge in [0, 0.05) is 6.04 Å². The molecule has 20 heavy (non-hydrogen) atoms. The number of para-hydroxylation sites is 1. The number of anilines is 1. The fourth-order valence-electron chi connectivity index (χ4n) is 2.09. The van der Waals surface area contributed by atoms with Gasteiger partial charge in [-0.3, -0.25) is 4.79 Å². The molecule has 0 radical (unpaired) electrons. The molecule has 0 N–H and O–H groups in total. The zero-order valence-electron chi connectivity index (χ0n) is 11.3. The first-order valence-corrected chi connectivity index (χ1v) is 6.79. The van der Waals surface area contributed by atoms with Crippen LogP contribution in [0.15, 0.2) is 24.3 Å². The Hall–Kier alpha value is -2.24. The van der Waals surface area contributed by atoms with Crippen LogP contribution in [0.25, 0.3) is 11.0 Å². The molecular formula is C14H16N4O2. The molecule has 0 atom stereocenters. The van der Waals surface area contributed by atoms with Crippen molar-refractivity contribution < 1.29 is 9.53 Å². The van der Waals surface area contributed by atoms with Gasteiger partial charge in [-0.15, -0.1) is 10.2 Å². The summed E-state index contributed by atoms with van der Waals surface area (Å²) in [5, 5.41) is 8.30. The van der Waals surface area contributed by atoms with E-state index in [4.69, 9.17) is 4.74 Å². The van der Waals surface area contributed by atoms with Crippen LogP contribution in [0, 0.1) is 0 Å². The van der Waals surface area contributed by atoms with Gasteiger partial charge in [0.15, 0.2) is 0 Å². The van der Waals surface area contributed by atoms with Crippen molar-refractivity contribution in [3.8, 4) is 0 Å². The van der Waals surface area contributed by atoms with Gasteiger partial charge in [0.25, 0.3) is 0 Å². The van der Waals surface area contributed by atoms with Crippen molar-refractivity contribution in [2.75, 3.05) is 18.1 Å². The van der Waals surface area contributed by atoms with E-state index in [1.165, 1.54) is 0 Å². The SMILES string of the molecule is CCOC(=O)CN(c1nnc2ccccc2n1)C1CC1. The smallest absolute Gasteiger partial charge is 0.325 e. The summed E-state index contributed by atoms with van der Waals surface area (Å²) in [6, 6.07) is 7.89. The molecule has 0 amide bonds. The lowest BCUT2D eigenvalue weighted by Gasteiger charge is -2.20. The Morgan fingerprint density at radius 3 is 2.75 bits per heavy atom. The third-order valence-electron chi connectivity index (χ3n) is 3.20. The number of benzene rings is 1. The number of aromatic nitrogens is 3. The van der Waals surface area contributed by atoms with Crippen LogP contribution in [0.3, 0.4) is 0 Å². The molecule has 3 rings (SSSR count). The lowest BCUT2D eigenvalue weighted by molar-refractivity contribution is -0.141. The fraction of sp³-hybridized carbons (Fsp3) is 0.429. The predicted molar refractivity (Wildman–Crippen MR) is 74.3 cm³/mol. The number of esters is 1. The molecular weight excluding hydrogens is 256 g/mol. The topological polar surface area (TPSA) is 68.2 Å². The Bertz CT molecular complexity index is 627. The van der Waals surface area contributed by atoms with Crippen LogP contribution in [0.5, 0.6) is 0 Å². The fourth-order valence-corrected chi connectivity index (χ4v) is 2.09. The van der Waals surface area contributed by atoms with Crippen LogP contribution < -0.4 is 4.90 Å². The molecule has 6 heteroatoms. The van der Waals surface area contributed by atoms with Gasteiger partial charge in [-0.2, -0.15) is 0 Å². The molecule has 0 aliphatic heterocycles. The van der Waals surface area contributed by atoms with E-state index in [0.29, 0.717) is 18.6 Å². The highest BCUT2D eigenvalue weighted by molar-refractivity contribution is 5.77. The first kappa shape index (κ1) is 12.8. The number of rotatable bonds is 5. The molecule has 2 aromatic rings. The first-order valence-electron chi connectivity index (χ1n) is 6.79. The minimum Gasteiger partial charge on any atom is -0.465 e. The van der Waals surface area contributed by atoms with Crippen LogP contribution in [0.2, 0.25) is 0 Å². The van der Waals surface area contributed by atoms with E-state index in [-0.39, 0.29) is 12.5 Å². The second-order valence-corrected chi connectivity index (χ2v) is 4.76. The molecule has 1 heterocycles. The highest BCUT2D eigenvalue weighted by Gasteiger charge is 2.33. The minimum absolute atomic E-state index is 0.179. The van der Waals surface area contributed by atoms with Gasteiger partial charge >= 0.3 is 5.97 Å². The third kappa shape index (κ3) is 2.68. The summed E-state index contributed by atoms with van der Waals surface area (Å²) >= 11 is 0. The van der Waals surface area contributed by atoms with Crippen LogP contribution >= 0.6 is 0 Å². The normalized spacial score (nSPS) is 14.2. The molecule has 0 saturated heterocycles. The van der Waals surface area contributed by atoms with E-state index in [1.54, 1.807) is 6.92 Å². The summed E-state index contributed by atoms with van der Waals surface area (Å²) in [5.41, 5.74) is 1.54. The monoisotopic (exact) mass is 272 g/mol. The van der Waals surface area contributed by atoms with E-state index in [1.807, 2.05) is 29.2 Å². The van der Waals surface area contributed by atoms with Crippen LogP contribution in [-0.4, -0.2) is 40.3 Å². The van der Waals surface area contributed by atoms with Crippen molar-refractivity contribution in [1.82, 2.24) is 15.2 Å². The molecule has 6 nitrogen and oxygen atoms in total. The maximum Gasteiger partial charge on any atom is 0.325 e. The Kier molecular flexibility index (Phi) is 3.45. The maximum absolute atomic E-state index is 11.7. The summed E-state index contributed by atoms with van der Waals surface area (Å²) in [5.74, 6) is 0.246. The summed E-state index contributed by atoms with van der Waals surface area (Å²) < 4.78 is 5.00. The van der Waals surface area contributed by atoms with Crippen LogP contribution in [0.1, 0.15) is 19.8 Å². The largest absolute Gasteiger partial charge is 0.465 e. The van der Waals surface area contributed by atoms with Gasteiger partial charge in [-0.05, 0) is 31.9 Å². The van der Waals surface area contributed by atoms with Gasteiger partial charge in [0.05, 0.1) is 12.1 Å². The number of ether oxygens (including phenoxy) is 1. The molecule has 1 aliphatic rings. The molecule has 1 fully saturated rings. The van der Waals surface area contributed by atoms with Crippen LogP contribution in [0.4, 0.5) is 5.95 Å². The molecule has 1 aliphatic carbocycles. The predicted octanol–water partition coefficient (Wildman–Crippen LogP) is 1.56. The van der Waals surface area contributed by atoms with Gasteiger partial charge < -0.3 is 9.64 Å². The highest BCUT2D eigenvalue weighted by atomic mass is 16.5. The second-order valence-electron chi connectivity index (χ2n) is 4.76. The van der Waals surface area contributed by atoms with E-state index in [2.05, 4.69) is 15.2 Å². The summed E-state index contributed by atoms with van der Waals surface area (Å²) in [4.78, 5) is 18.1. The summed E-state index contributed by atoms with van der Waals surface area (Å²) in [7, 11) is 0. The average molecular weight is 272 g/mol. The highest BCUT2D eigenvalue weighted by Crippen LogP contribution is 2.29. The van der Waals surface area contributed by atoms with Gasteiger partial charge in [0.1, 0.15) is 12.1 Å². The number of hydrogen-bond donors (Lipinski definition) is 0. The molecule has 0 unspecified atom stereocenters. The Labute approximate surface area is 116 Å². The van der Waals surface area contributed by atoms with Crippen molar-refractivity contribution in [3.05, 3.63) is 24.3 Å². The lowest BCUT2D eigenvalue weighted by Crippen LogP contribution is -2.34. The first-order chi connectivity index (χ1) is 9.78. The van der Waals surface area contributed by atoms with Crippen molar-refractivity contribution in [3.63, 3.8) is 0 Å². The van der Waals surface area contributed by atoms with E-state index in [9.17, 15) is 4.79 Å². The van der Waals surface area contributed by atoms with Crippen molar-refractivity contribution >= 4 is 23.0 Å². The minimum atomic E-state index is -0.254. The molecule has 1 saturated carbocycles. The second kappa shape index (κ2) is 5.40. The molecule has 104 valence electrons. The Morgan fingerprint density at radius 1 is 1.30 bits per heavy atom. The van der Waals surface area contributed by atoms with Gasteiger partial charge in [0.2, 0.25) is 5.95 Å². The third-order valence-corrected chi connectivity index (χ3v) is 3.20. The molecule has 0 bridgehead atoms. The zero-order valence-corrected chi connectivity index (χ0v) is 11.3.